The van der Waals surface area contributed by atoms with Crippen molar-refractivity contribution < 1.29 is 27.4 Å². The van der Waals surface area contributed by atoms with Crippen LogP contribution in [-0.4, -0.2) is 45.6 Å². The summed E-state index contributed by atoms with van der Waals surface area (Å²) < 4.78 is 46.5. The van der Waals surface area contributed by atoms with Crippen LogP contribution >= 0.6 is 0 Å². The van der Waals surface area contributed by atoms with Crippen molar-refractivity contribution >= 4 is 50.0 Å². The van der Waals surface area contributed by atoms with E-state index in [1.807, 2.05) is 6.07 Å². The van der Waals surface area contributed by atoms with E-state index < -0.39 is 10.0 Å². The van der Waals surface area contributed by atoms with Crippen molar-refractivity contribution in [1.82, 2.24) is 9.97 Å². The van der Waals surface area contributed by atoms with Crippen molar-refractivity contribution in [2.75, 3.05) is 36.7 Å². The molecule has 0 atom stereocenters. The number of carbonyl (C=O) groups excluding carboxylic acids is 1. The number of rotatable bonds is 10. The fourth-order valence-electron chi connectivity index (χ4n) is 4.47. The Labute approximate surface area is 248 Å². The molecule has 0 saturated heterocycles. The minimum absolute atomic E-state index is 0.0119. The van der Waals surface area contributed by atoms with Crippen LogP contribution in [0.3, 0.4) is 0 Å². The van der Waals surface area contributed by atoms with Gasteiger partial charge in [0.25, 0.3) is 10.0 Å². The van der Waals surface area contributed by atoms with Gasteiger partial charge >= 0.3 is 0 Å². The molecule has 0 unspecified atom stereocenters. The lowest BCUT2D eigenvalue weighted by Gasteiger charge is -2.17. The highest BCUT2D eigenvalue weighted by molar-refractivity contribution is 7.92. The molecule has 0 fully saturated rings. The normalized spacial score (nSPS) is 11.1. The summed E-state index contributed by atoms with van der Waals surface area (Å²) in [5.74, 6) is 1.42. The maximum absolute atomic E-state index is 13.8. The van der Waals surface area contributed by atoms with Crippen molar-refractivity contribution in [3.05, 3.63) is 84.9 Å². The van der Waals surface area contributed by atoms with E-state index in [1.54, 1.807) is 66.7 Å². The van der Waals surface area contributed by atoms with Crippen LogP contribution in [0.5, 0.6) is 17.2 Å². The maximum Gasteiger partial charge on any atom is 0.263 e. The molecule has 5 aromatic rings. The van der Waals surface area contributed by atoms with Crippen LogP contribution < -0.4 is 29.6 Å². The van der Waals surface area contributed by atoms with E-state index in [1.165, 1.54) is 40.4 Å². The van der Waals surface area contributed by atoms with Crippen LogP contribution in [0.4, 0.5) is 23.0 Å². The van der Waals surface area contributed by atoms with Crippen molar-refractivity contribution in [2.45, 2.75) is 11.8 Å². The van der Waals surface area contributed by atoms with Crippen LogP contribution in [0.1, 0.15) is 6.92 Å². The number of amides is 1. The van der Waals surface area contributed by atoms with Crippen LogP contribution in [0.15, 0.2) is 89.8 Å². The number of methoxy groups -OCH3 is 3. The van der Waals surface area contributed by atoms with Gasteiger partial charge in [0.2, 0.25) is 5.91 Å². The molecular weight excluding hydrogens is 570 g/mol. The first kappa shape index (κ1) is 29.1. The average molecular weight is 600 g/mol. The molecule has 3 N–H and O–H groups in total. The number of fused-ring (bicyclic) bond motifs is 1. The lowest BCUT2D eigenvalue weighted by molar-refractivity contribution is -0.114. The zero-order chi connectivity index (χ0) is 30.6. The molecule has 0 saturated carbocycles. The molecular formula is C31H29N5O6S. The lowest BCUT2D eigenvalue weighted by atomic mass is 10.0. The second-order valence-electron chi connectivity index (χ2n) is 9.33. The number of benzene rings is 4. The topological polar surface area (TPSA) is 141 Å². The quantitative estimate of drug-likeness (QED) is 0.181. The molecule has 0 spiro atoms. The first-order valence-corrected chi connectivity index (χ1v) is 14.5. The highest BCUT2D eigenvalue weighted by Gasteiger charge is 2.22. The van der Waals surface area contributed by atoms with Crippen molar-refractivity contribution in [2.24, 2.45) is 0 Å². The Bertz CT molecular complexity index is 1910. The number of hydrogen-bond acceptors (Lipinski definition) is 9. The molecule has 0 bridgehead atoms. The Morgan fingerprint density at radius 2 is 1.40 bits per heavy atom. The van der Waals surface area contributed by atoms with Gasteiger partial charge in [0, 0.05) is 36.4 Å². The highest BCUT2D eigenvalue weighted by atomic mass is 32.2. The first-order valence-electron chi connectivity index (χ1n) is 13.1. The Hall–Kier alpha value is -5.36. The molecule has 4 aromatic carbocycles. The molecule has 12 heteroatoms. The smallest absolute Gasteiger partial charge is 0.263 e. The van der Waals surface area contributed by atoms with Crippen LogP contribution in [0.2, 0.25) is 0 Å². The number of carbonyl (C=O) groups is 1. The monoisotopic (exact) mass is 599 g/mol. The molecule has 0 aliphatic carbocycles. The van der Waals surface area contributed by atoms with E-state index in [4.69, 9.17) is 14.2 Å². The highest BCUT2D eigenvalue weighted by Crippen LogP contribution is 2.38. The zero-order valence-corrected chi connectivity index (χ0v) is 24.7. The molecule has 1 aromatic heterocycles. The summed E-state index contributed by atoms with van der Waals surface area (Å²) in [5, 5.41) is 5.93. The number of sulfonamides is 1. The molecule has 5 rings (SSSR count). The fraction of sp³-hybridized carbons (Fsp3) is 0.129. The predicted molar refractivity (Wildman–Crippen MR) is 166 cm³/mol. The van der Waals surface area contributed by atoms with E-state index in [2.05, 4.69) is 25.3 Å². The van der Waals surface area contributed by atoms with Gasteiger partial charge in [-0.1, -0.05) is 30.3 Å². The zero-order valence-electron chi connectivity index (χ0n) is 23.8. The van der Waals surface area contributed by atoms with Crippen molar-refractivity contribution in [3.8, 4) is 28.4 Å². The molecule has 0 radical (unpaired) electrons. The molecule has 11 nitrogen and oxygen atoms in total. The maximum atomic E-state index is 13.8. The van der Waals surface area contributed by atoms with Crippen LogP contribution in [0.25, 0.3) is 22.2 Å². The summed E-state index contributed by atoms with van der Waals surface area (Å²) >= 11 is 0. The van der Waals surface area contributed by atoms with E-state index in [0.717, 1.165) is 0 Å². The second-order valence-corrected chi connectivity index (χ2v) is 11.0. The van der Waals surface area contributed by atoms with Gasteiger partial charge in [-0.25, -0.2) is 18.4 Å². The van der Waals surface area contributed by atoms with Gasteiger partial charge in [-0.3, -0.25) is 9.52 Å². The van der Waals surface area contributed by atoms with E-state index in [9.17, 15) is 13.2 Å². The van der Waals surface area contributed by atoms with Gasteiger partial charge < -0.3 is 24.8 Å². The van der Waals surface area contributed by atoms with Gasteiger partial charge in [-0.2, -0.15) is 0 Å². The van der Waals surface area contributed by atoms with E-state index >= 15 is 0 Å². The van der Waals surface area contributed by atoms with E-state index in [-0.39, 0.29) is 22.4 Å². The first-order chi connectivity index (χ1) is 20.7. The number of nitrogens with zero attached hydrogens (tertiary/aromatic N) is 2. The van der Waals surface area contributed by atoms with Crippen LogP contribution in [0, 0.1) is 0 Å². The molecule has 1 amide bonds. The Morgan fingerprint density at radius 1 is 0.744 bits per heavy atom. The minimum atomic E-state index is -4.18. The number of nitrogens with one attached hydrogen (secondary N) is 3. The largest absolute Gasteiger partial charge is 0.497 e. The minimum Gasteiger partial charge on any atom is -0.497 e. The summed E-state index contributed by atoms with van der Waals surface area (Å²) in [6, 6.07) is 23.8. The lowest BCUT2D eigenvalue weighted by Crippen LogP contribution is -2.16. The third-order valence-electron chi connectivity index (χ3n) is 6.41. The summed E-state index contributed by atoms with van der Waals surface area (Å²) in [5.41, 5.74) is 3.15. The van der Waals surface area contributed by atoms with Gasteiger partial charge in [0.05, 0.1) is 42.9 Å². The van der Waals surface area contributed by atoms with Gasteiger partial charge in [0.1, 0.15) is 17.2 Å². The van der Waals surface area contributed by atoms with Gasteiger partial charge in [-0.15, -0.1) is 0 Å². The Kier molecular flexibility index (Phi) is 8.30. The van der Waals surface area contributed by atoms with Crippen LogP contribution in [-0.2, 0) is 14.8 Å². The summed E-state index contributed by atoms with van der Waals surface area (Å²) in [4.78, 5) is 21.1. The summed E-state index contributed by atoms with van der Waals surface area (Å²) in [6.07, 6.45) is 0. The van der Waals surface area contributed by atoms with E-state index in [0.29, 0.717) is 50.8 Å². The number of para-hydroxylation sites is 2. The second kappa shape index (κ2) is 12.2. The van der Waals surface area contributed by atoms with Gasteiger partial charge in [-0.05, 0) is 42.0 Å². The van der Waals surface area contributed by atoms with Crippen molar-refractivity contribution in [3.63, 3.8) is 0 Å². The fourth-order valence-corrected chi connectivity index (χ4v) is 5.53. The molecule has 1 heterocycles. The number of aromatic nitrogens is 2. The summed E-state index contributed by atoms with van der Waals surface area (Å²) in [7, 11) is 0.393. The predicted octanol–water partition coefficient (Wildman–Crippen LogP) is 5.83. The Balaban J connectivity index is 1.57. The number of anilines is 4. The third-order valence-corrected chi connectivity index (χ3v) is 7.74. The molecule has 0 aliphatic rings. The molecule has 0 aliphatic heterocycles. The number of hydrogen-bond donors (Lipinski definition) is 3. The Morgan fingerprint density at radius 3 is 2.02 bits per heavy atom. The van der Waals surface area contributed by atoms with Gasteiger partial charge in [0.15, 0.2) is 11.6 Å². The molecule has 43 heavy (non-hydrogen) atoms. The van der Waals surface area contributed by atoms with Crippen molar-refractivity contribution in [1.29, 1.82) is 0 Å². The molecule has 220 valence electrons. The SMILES string of the molecule is COc1cc(Nc2nc3ccccc3nc2NS(=O)(=O)c2cccc(-c3c(NC(C)=O)cccc3OC)c2)cc(OC)c1. The average Bonchev–Trinajstić information content (AvgIpc) is 3.00. The third kappa shape index (κ3) is 6.44. The number of ether oxygens (including phenoxy) is 3. The standard InChI is InChI=1S/C31H29N5O6S/c1-19(37)32-27-13-8-14-28(42-4)29(27)20-9-7-10-24(15-20)43(38,39)36-31-30(34-25-11-5-6-12-26(25)35-31)33-21-16-22(40-2)18-23(17-21)41-3/h5-18H,1-4H3,(H,32,37)(H,33,34)(H,35,36). The summed E-state index contributed by atoms with van der Waals surface area (Å²) in [6.45, 7) is 1.39.